The van der Waals surface area contributed by atoms with Gasteiger partial charge in [-0.2, -0.15) is 0 Å². The summed E-state index contributed by atoms with van der Waals surface area (Å²) in [7, 11) is 0. The molecule has 0 fully saturated rings. The normalized spacial score (nSPS) is 12.7. The minimum atomic E-state index is -0.0564. The number of hydrogen-bond acceptors (Lipinski definition) is 5. The van der Waals surface area contributed by atoms with Crippen LogP contribution in [0.15, 0.2) is 47.2 Å². The highest BCUT2D eigenvalue weighted by molar-refractivity contribution is 7.71. The Bertz CT molecular complexity index is 1450. The number of aromatic nitrogens is 5. The van der Waals surface area contributed by atoms with Crippen molar-refractivity contribution in [3.05, 3.63) is 69.7 Å². The van der Waals surface area contributed by atoms with E-state index in [1.54, 1.807) is 12.4 Å². The molecular formula is C22H18ClN5OS. The monoisotopic (exact) mass is 435 g/mol. The molecule has 6 nitrogen and oxygen atoms in total. The molecule has 0 saturated heterocycles. The Balaban J connectivity index is 1.80. The van der Waals surface area contributed by atoms with E-state index < -0.39 is 0 Å². The largest absolute Gasteiger partial charge is 0.361 e. The molecule has 1 aromatic carbocycles. The van der Waals surface area contributed by atoms with Crippen molar-refractivity contribution in [1.82, 2.24) is 24.7 Å². The zero-order valence-corrected chi connectivity index (χ0v) is 18.2. The summed E-state index contributed by atoms with van der Waals surface area (Å²) < 4.78 is 8.02. The number of H-pyrrole nitrogens is 1. The molecule has 0 aliphatic rings. The van der Waals surface area contributed by atoms with Crippen molar-refractivity contribution in [3.8, 4) is 11.1 Å². The van der Waals surface area contributed by atoms with Crippen molar-refractivity contribution in [2.75, 3.05) is 0 Å². The molecule has 5 rings (SSSR count). The molecule has 4 heterocycles. The third-order valence-corrected chi connectivity index (χ3v) is 6.05. The number of nitrogens with one attached hydrogen (secondary N) is 1. The van der Waals surface area contributed by atoms with Crippen LogP contribution in [0.5, 0.6) is 0 Å². The first kappa shape index (κ1) is 19.0. The van der Waals surface area contributed by atoms with Gasteiger partial charge in [0.15, 0.2) is 4.77 Å². The number of aromatic amines is 1. The number of pyridine rings is 2. The lowest BCUT2D eigenvalue weighted by atomic mass is 10.0. The first-order valence-electron chi connectivity index (χ1n) is 9.52. The molecule has 0 bridgehead atoms. The lowest BCUT2D eigenvalue weighted by Crippen LogP contribution is -2.08. The molecule has 0 unspecified atom stereocenters. The second-order valence-corrected chi connectivity index (χ2v) is 8.09. The van der Waals surface area contributed by atoms with Crippen LogP contribution in [0.4, 0.5) is 0 Å². The van der Waals surface area contributed by atoms with E-state index in [1.165, 1.54) is 0 Å². The highest BCUT2D eigenvalue weighted by Gasteiger charge is 2.20. The number of benzene rings is 1. The van der Waals surface area contributed by atoms with Crippen LogP contribution in [0.2, 0.25) is 5.02 Å². The van der Waals surface area contributed by atoms with E-state index in [-0.39, 0.29) is 6.04 Å². The second kappa shape index (κ2) is 7.04. The molecule has 0 aliphatic carbocycles. The Hall–Kier alpha value is -3.03. The summed E-state index contributed by atoms with van der Waals surface area (Å²) in [5.74, 6) is 0.725. The van der Waals surface area contributed by atoms with Crippen LogP contribution in [-0.2, 0) is 0 Å². The second-order valence-electron chi connectivity index (χ2n) is 7.30. The zero-order chi connectivity index (χ0) is 21.0. The van der Waals surface area contributed by atoms with Gasteiger partial charge in [-0.1, -0.05) is 22.8 Å². The third-order valence-electron chi connectivity index (χ3n) is 5.44. The topological polar surface area (TPSA) is 72.5 Å². The highest BCUT2D eigenvalue weighted by Crippen LogP contribution is 2.38. The van der Waals surface area contributed by atoms with Gasteiger partial charge in [-0.15, -0.1) is 0 Å². The number of aryl methyl sites for hydroxylation is 2. The van der Waals surface area contributed by atoms with Crippen molar-refractivity contribution < 1.29 is 4.52 Å². The van der Waals surface area contributed by atoms with Crippen molar-refractivity contribution in [2.45, 2.75) is 26.8 Å². The quantitative estimate of drug-likeness (QED) is 0.343. The maximum Gasteiger partial charge on any atom is 0.178 e. The van der Waals surface area contributed by atoms with Crippen molar-refractivity contribution in [3.63, 3.8) is 0 Å². The molecule has 1 atom stereocenters. The van der Waals surface area contributed by atoms with E-state index in [4.69, 9.17) is 28.3 Å². The fourth-order valence-corrected chi connectivity index (χ4v) is 4.63. The van der Waals surface area contributed by atoms with Crippen LogP contribution in [0.3, 0.4) is 0 Å². The van der Waals surface area contributed by atoms with Gasteiger partial charge in [0.1, 0.15) is 5.76 Å². The fourth-order valence-electron chi connectivity index (χ4n) is 4.01. The van der Waals surface area contributed by atoms with Crippen LogP contribution in [0.25, 0.3) is 33.1 Å². The van der Waals surface area contributed by atoms with Crippen molar-refractivity contribution in [1.29, 1.82) is 0 Å². The number of halogens is 1. The van der Waals surface area contributed by atoms with E-state index >= 15 is 0 Å². The summed E-state index contributed by atoms with van der Waals surface area (Å²) in [6.07, 6.45) is 3.59. The molecule has 30 heavy (non-hydrogen) atoms. The Kier molecular flexibility index (Phi) is 4.45. The zero-order valence-electron chi connectivity index (χ0n) is 16.6. The van der Waals surface area contributed by atoms with Gasteiger partial charge < -0.3 is 14.1 Å². The lowest BCUT2D eigenvalue weighted by Gasteiger charge is -2.15. The van der Waals surface area contributed by atoms with E-state index in [9.17, 15) is 0 Å². The molecular weight excluding hydrogens is 418 g/mol. The van der Waals surface area contributed by atoms with E-state index in [0.29, 0.717) is 9.79 Å². The molecule has 1 N–H and O–H groups in total. The average molecular weight is 436 g/mol. The predicted molar refractivity (Wildman–Crippen MR) is 120 cm³/mol. The minimum Gasteiger partial charge on any atom is -0.361 e. The van der Waals surface area contributed by atoms with Crippen LogP contribution >= 0.6 is 23.8 Å². The molecule has 150 valence electrons. The lowest BCUT2D eigenvalue weighted by molar-refractivity contribution is 0.393. The maximum atomic E-state index is 6.74. The van der Waals surface area contributed by atoms with Gasteiger partial charge in [0.05, 0.1) is 40.2 Å². The first-order chi connectivity index (χ1) is 14.5. The van der Waals surface area contributed by atoms with Gasteiger partial charge in [0.25, 0.3) is 0 Å². The number of fused-ring (bicyclic) bond motifs is 3. The third kappa shape index (κ3) is 2.85. The number of rotatable bonds is 3. The van der Waals surface area contributed by atoms with Gasteiger partial charge >= 0.3 is 0 Å². The Morgan fingerprint density at radius 1 is 1.20 bits per heavy atom. The molecule has 8 heteroatoms. The maximum absolute atomic E-state index is 6.74. The summed E-state index contributed by atoms with van der Waals surface area (Å²) in [6.45, 7) is 5.86. The SMILES string of the molecule is Cc1noc(C)c1-c1cc2ncc3[nH]c(=S)n([C@H](C)c4ccccn4)c3c2cc1Cl. The summed E-state index contributed by atoms with van der Waals surface area (Å²) in [4.78, 5) is 12.4. The van der Waals surface area contributed by atoms with Crippen molar-refractivity contribution >= 4 is 45.8 Å². The molecule has 0 saturated carbocycles. The minimum absolute atomic E-state index is 0.0564. The van der Waals surface area contributed by atoms with E-state index in [0.717, 1.165) is 50.2 Å². The van der Waals surface area contributed by atoms with Gasteiger partial charge in [-0.05, 0) is 57.3 Å². The molecule has 5 aromatic rings. The summed E-state index contributed by atoms with van der Waals surface area (Å²) in [6, 6.07) is 9.74. The van der Waals surface area contributed by atoms with Crippen LogP contribution < -0.4 is 0 Å². The van der Waals surface area contributed by atoms with Gasteiger partial charge in [-0.3, -0.25) is 9.97 Å². The molecule has 0 spiro atoms. The van der Waals surface area contributed by atoms with Crippen molar-refractivity contribution in [2.24, 2.45) is 0 Å². The van der Waals surface area contributed by atoms with E-state index in [2.05, 4.69) is 31.6 Å². The molecule has 4 aromatic heterocycles. The molecule has 0 aliphatic heterocycles. The smallest absolute Gasteiger partial charge is 0.178 e. The van der Waals surface area contributed by atoms with Gasteiger partial charge in [0, 0.05) is 27.7 Å². The van der Waals surface area contributed by atoms with E-state index in [1.807, 2.05) is 44.2 Å². The molecule has 0 amide bonds. The molecule has 0 radical (unpaired) electrons. The van der Waals surface area contributed by atoms with Gasteiger partial charge in [0.2, 0.25) is 0 Å². The number of hydrogen-bond donors (Lipinski definition) is 1. The standard InChI is InChI=1S/C22H18ClN5OS/c1-11-20(13(3)29-27-11)14-9-18-15(8-16(14)23)21-19(10-25-18)26-22(30)28(21)12(2)17-6-4-5-7-24-17/h4-10,12H,1-3H3,(H,26,30)/t12-/m1/s1. The van der Waals surface area contributed by atoms with Crippen LogP contribution in [0.1, 0.15) is 30.1 Å². The fraction of sp³-hybridized carbons (Fsp3) is 0.182. The van der Waals surface area contributed by atoms with Crippen LogP contribution in [-0.4, -0.2) is 24.7 Å². The number of imidazole rings is 1. The Morgan fingerprint density at radius 2 is 2.03 bits per heavy atom. The highest BCUT2D eigenvalue weighted by atomic mass is 35.5. The number of nitrogens with zero attached hydrogens (tertiary/aromatic N) is 4. The van der Waals surface area contributed by atoms with Gasteiger partial charge in [-0.25, -0.2) is 0 Å². The summed E-state index contributed by atoms with van der Waals surface area (Å²) in [5.41, 5.74) is 6.10. The summed E-state index contributed by atoms with van der Waals surface area (Å²) in [5, 5.41) is 5.58. The Morgan fingerprint density at radius 3 is 2.73 bits per heavy atom. The first-order valence-corrected chi connectivity index (χ1v) is 10.3. The summed E-state index contributed by atoms with van der Waals surface area (Å²) >= 11 is 12.4. The predicted octanol–water partition coefficient (Wildman–Crippen LogP) is 6.18. The Labute approximate surface area is 182 Å². The van der Waals surface area contributed by atoms with Crippen LogP contribution in [0, 0.1) is 18.6 Å². The average Bonchev–Trinajstić information content (AvgIpc) is 3.26.